The molecule has 1 aliphatic rings. The highest BCUT2D eigenvalue weighted by molar-refractivity contribution is 4.70. The van der Waals surface area contributed by atoms with Crippen molar-refractivity contribution >= 4 is 0 Å². The van der Waals surface area contributed by atoms with Crippen LogP contribution in [-0.2, 0) is 9.47 Å². The molecule has 84 valence electrons. The number of aliphatic hydroxyl groups is 1. The van der Waals surface area contributed by atoms with Gasteiger partial charge in [0.25, 0.3) is 0 Å². The molecule has 4 heteroatoms. The zero-order valence-corrected chi connectivity index (χ0v) is 9.11. The third kappa shape index (κ3) is 4.37. The number of hydrogen-bond donors (Lipinski definition) is 1. The molecule has 1 rings (SSSR count). The molecule has 0 aromatic carbocycles. The maximum Gasteiger partial charge on any atom is 0.0932 e. The quantitative estimate of drug-likeness (QED) is 0.688. The van der Waals surface area contributed by atoms with E-state index in [1.54, 1.807) is 0 Å². The van der Waals surface area contributed by atoms with E-state index in [1.807, 2.05) is 13.8 Å². The van der Waals surface area contributed by atoms with Crippen molar-refractivity contribution < 1.29 is 14.6 Å². The van der Waals surface area contributed by atoms with E-state index in [2.05, 4.69) is 4.90 Å². The normalized spacial score (nSPS) is 24.4. The predicted octanol–water partition coefficient (Wildman–Crippen LogP) is 0.104. The highest BCUT2D eigenvalue weighted by Gasteiger charge is 2.18. The lowest BCUT2D eigenvalue weighted by atomic mass is 10.3. The van der Waals surface area contributed by atoms with Gasteiger partial charge in [-0.3, -0.25) is 4.90 Å². The van der Waals surface area contributed by atoms with Crippen LogP contribution in [-0.4, -0.2) is 61.7 Å². The number of ether oxygens (including phenoxy) is 2. The number of morpholine rings is 1. The minimum Gasteiger partial charge on any atom is -0.394 e. The van der Waals surface area contributed by atoms with Gasteiger partial charge in [-0.15, -0.1) is 0 Å². The Labute approximate surface area is 85.8 Å². The molecule has 1 atom stereocenters. The Bertz CT molecular complexity index is 152. The largest absolute Gasteiger partial charge is 0.394 e. The van der Waals surface area contributed by atoms with Gasteiger partial charge in [0.15, 0.2) is 0 Å². The van der Waals surface area contributed by atoms with Crippen molar-refractivity contribution in [3.8, 4) is 0 Å². The zero-order chi connectivity index (χ0) is 10.4. The van der Waals surface area contributed by atoms with Crippen molar-refractivity contribution in [2.75, 3.05) is 39.5 Å². The molecule has 0 aromatic heterocycles. The second-order valence-electron chi connectivity index (χ2n) is 3.90. The molecule has 0 aliphatic carbocycles. The van der Waals surface area contributed by atoms with Crippen molar-refractivity contribution in [2.45, 2.75) is 26.1 Å². The third-order valence-electron chi connectivity index (χ3n) is 2.29. The van der Waals surface area contributed by atoms with Crippen LogP contribution in [0.3, 0.4) is 0 Å². The van der Waals surface area contributed by atoms with Crippen LogP contribution in [0.4, 0.5) is 0 Å². The van der Waals surface area contributed by atoms with Crippen molar-refractivity contribution in [1.82, 2.24) is 4.90 Å². The molecule has 1 aliphatic heterocycles. The van der Waals surface area contributed by atoms with E-state index in [-0.39, 0.29) is 12.7 Å². The van der Waals surface area contributed by atoms with Crippen LogP contribution in [0.2, 0.25) is 0 Å². The van der Waals surface area contributed by atoms with Gasteiger partial charge in [0.1, 0.15) is 0 Å². The Kier molecular flexibility index (Phi) is 5.40. The number of hydrogen-bond acceptors (Lipinski definition) is 4. The van der Waals surface area contributed by atoms with Crippen LogP contribution < -0.4 is 0 Å². The lowest BCUT2D eigenvalue weighted by Crippen LogP contribution is -2.45. The molecule has 14 heavy (non-hydrogen) atoms. The zero-order valence-electron chi connectivity index (χ0n) is 9.11. The van der Waals surface area contributed by atoms with Gasteiger partial charge in [0.2, 0.25) is 0 Å². The molecule has 0 amide bonds. The van der Waals surface area contributed by atoms with Gasteiger partial charge in [-0.05, 0) is 13.8 Å². The predicted molar refractivity (Wildman–Crippen MR) is 54.4 cm³/mol. The van der Waals surface area contributed by atoms with E-state index in [1.165, 1.54) is 0 Å². The molecule has 0 spiro atoms. The smallest absolute Gasteiger partial charge is 0.0932 e. The van der Waals surface area contributed by atoms with E-state index in [4.69, 9.17) is 14.6 Å². The first-order valence-corrected chi connectivity index (χ1v) is 5.28. The summed E-state index contributed by atoms with van der Waals surface area (Å²) >= 11 is 0. The fourth-order valence-corrected chi connectivity index (χ4v) is 1.51. The Morgan fingerprint density at radius 3 is 3.00 bits per heavy atom. The molecule has 1 heterocycles. The van der Waals surface area contributed by atoms with E-state index in [0.717, 1.165) is 26.2 Å². The summed E-state index contributed by atoms with van der Waals surface area (Å²) in [5, 5.41) is 8.94. The molecule has 1 N–H and O–H groups in total. The van der Waals surface area contributed by atoms with Crippen molar-refractivity contribution in [1.29, 1.82) is 0 Å². The number of nitrogens with zero attached hydrogens (tertiary/aromatic N) is 1. The van der Waals surface area contributed by atoms with Gasteiger partial charge in [0, 0.05) is 19.6 Å². The van der Waals surface area contributed by atoms with E-state index < -0.39 is 0 Å². The van der Waals surface area contributed by atoms with E-state index >= 15 is 0 Å². The first-order valence-electron chi connectivity index (χ1n) is 5.28. The third-order valence-corrected chi connectivity index (χ3v) is 2.29. The van der Waals surface area contributed by atoms with Crippen LogP contribution in [0.1, 0.15) is 13.8 Å². The van der Waals surface area contributed by atoms with Gasteiger partial charge in [0.05, 0.1) is 32.0 Å². The highest BCUT2D eigenvalue weighted by atomic mass is 16.5. The van der Waals surface area contributed by atoms with Crippen molar-refractivity contribution in [3.05, 3.63) is 0 Å². The van der Waals surface area contributed by atoms with Crippen molar-refractivity contribution in [2.24, 2.45) is 0 Å². The topological polar surface area (TPSA) is 41.9 Å². The van der Waals surface area contributed by atoms with Crippen LogP contribution in [0, 0.1) is 0 Å². The van der Waals surface area contributed by atoms with Gasteiger partial charge in [-0.2, -0.15) is 0 Å². The molecule has 0 saturated carbocycles. The number of aliphatic hydroxyl groups excluding tert-OH is 1. The first-order chi connectivity index (χ1) is 6.72. The molecule has 1 saturated heterocycles. The van der Waals surface area contributed by atoms with Gasteiger partial charge < -0.3 is 14.6 Å². The lowest BCUT2D eigenvalue weighted by Gasteiger charge is -2.31. The number of rotatable bonds is 5. The SMILES string of the molecule is CC(C)OCCN1CCOC(CO)C1. The first kappa shape index (κ1) is 11.9. The van der Waals surface area contributed by atoms with E-state index in [9.17, 15) is 0 Å². The highest BCUT2D eigenvalue weighted by Crippen LogP contribution is 2.04. The second kappa shape index (κ2) is 6.35. The fourth-order valence-electron chi connectivity index (χ4n) is 1.51. The maximum absolute atomic E-state index is 8.94. The molecular weight excluding hydrogens is 182 g/mol. The molecule has 4 nitrogen and oxygen atoms in total. The summed E-state index contributed by atoms with van der Waals surface area (Å²) in [6, 6.07) is 0. The summed E-state index contributed by atoms with van der Waals surface area (Å²) in [5.41, 5.74) is 0. The monoisotopic (exact) mass is 203 g/mol. The minimum atomic E-state index is -0.0113. The molecule has 0 bridgehead atoms. The molecular formula is C10H21NO3. The van der Waals surface area contributed by atoms with Gasteiger partial charge >= 0.3 is 0 Å². The maximum atomic E-state index is 8.94. The lowest BCUT2D eigenvalue weighted by molar-refractivity contribution is -0.0603. The average Bonchev–Trinajstić information content (AvgIpc) is 2.18. The summed E-state index contributed by atoms with van der Waals surface area (Å²) < 4.78 is 10.8. The Balaban J connectivity index is 2.11. The molecule has 1 fully saturated rings. The summed E-state index contributed by atoms with van der Waals surface area (Å²) in [6.45, 7) is 8.35. The van der Waals surface area contributed by atoms with Crippen molar-refractivity contribution in [3.63, 3.8) is 0 Å². The Morgan fingerprint density at radius 2 is 2.36 bits per heavy atom. The fraction of sp³-hybridized carbons (Fsp3) is 1.00. The minimum absolute atomic E-state index is 0.0113. The van der Waals surface area contributed by atoms with E-state index in [0.29, 0.717) is 12.7 Å². The summed E-state index contributed by atoms with van der Waals surface area (Å²) in [6.07, 6.45) is 0.285. The van der Waals surface area contributed by atoms with Gasteiger partial charge in [-0.1, -0.05) is 0 Å². The Morgan fingerprint density at radius 1 is 1.57 bits per heavy atom. The van der Waals surface area contributed by atoms with Crippen LogP contribution >= 0.6 is 0 Å². The van der Waals surface area contributed by atoms with Crippen LogP contribution in [0.5, 0.6) is 0 Å². The molecule has 0 aromatic rings. The summed E-state index contributed by atoms with van der Waals surface area (Å²) in [4.78, 5) is 2.27. The Hall–Kier alpha value is -0.160. The van der Waals surface area contributed by atoms with Crippen LogP contribution in [0.25, 0.3) is 0 Å². The summed E-state index contributed by atoms with van der Waals surface area (Å²) in [7, 11) is 0. The molecule has 1 unspecified atom stereocenters. The molecule has 0 radical (unpaired) electrons. The second-order valence-corrected chi connectivity index (χ2v) is 3.90. The summed E-state index contributed by atoms with van der Waals surface area (Å²) in [5.74, 6) is 0. The standard InChI is InChI=1S/C10H21NO3/c1-9(2)13-5-3-11-4-6-14-10(7-11)8-12/h9-10,12H,3-8H2,1-2H3. The average molecular weight is 203 g/mol. The van der Waals surface area contributed by atoms with Gasteiger partial charge in [-0.25, -0.2) is 0 Å². The van der Waals surface area contributed by atoms with Crippen LogP contribution in [0.15, 0.2) is 0 Å².